The topological polar surface area (TPSA) is 54.4 Å². The van der Waals surface area contributed by atoms with Gasteiger partial charge in [-0.2, -0.15) is 5.10 Å². The summed E-state index contributed by atoms with van der Waals surface area (Å²) in [6, 6.07) is 7.09. The predicted molar refractivity (Wildman–Crippen MR) is 73.4 cm³/mol. The van der Waals surface area contributed by atoms with Gasteiger partial charge in [0, 0.05) is 16.8 Å². The molecule has 0 spiro atoms. The number of amides is 1. The molecule has 0 atom stereocenters. The van der Waals surface area contributed by atoms with E-state index in [2.05, 4.69) is 15.5 Å². The van der Waals surface area contributed by atoms with E-state index < -0.39 is 0 Å². The maximum atomic E-state index is 11.7. The standard InChI is InChI=1S/C12H10ClN3OS/c1-8-2-3-9(6-14-8)12(17)16-15-7-10-4-5-11(13)18-10/h2-7H,1H3,(H,16,17)/b15-7+. The molecule has 0 aliphatic carbocycles. The molecular weight excluding hydrogens is 270 g/mol. The zero-order valence-corrected chi connectivity index (χ0v) is 11.1. The maximum absolute atomic E-state index is 11.7. The SMILES string of the molecule is Cc1ccc(C(=O)N/N=C/c2ccc(Cl)s2)cn1. The first kappa shape index (κ1) is 12.7. The van der Waals surface area contributed by atoms with Crippen LogP contribution in [0.3, 0.4) is 0 Å². The zero-order valence-electron chi connectivity index (χ0n) is 9.55. The number of pyridine rings is 1. The van der Waals surface area contributed by atoms with Crippen LogP contribution in [0.4, 0.5) is 0 Å². The van der Waals surface area contributed by atoms with Crippen LogP contribution in [0.2, 0.25) is 4.34 Å². The summed E-state index contributed by atoms with van der Waals surface area (Å²) in [5.41, 5.74) is 3.77. The van der Waals surface area contributed by atoms with Crippen LogP contribution in [0.5, 0.6) is 0 Å². The van der Waals surface area contributed by atoms with Crippen molar-refractivity contribution < 1.29 is 4.79 Å². The van der Waals surface area contributed by atoms with Crippen molar-refractivity contribution in [3.05, 3.63) is 50.9 Å². The number of carbonyl (C=O) groups is 1. The van der Waals surface area contributed by atoms with Crippen LogP contribution in [0.25, 0.3) is 0 Å². The molecular formula is C12H10ClN3OS. The Balaban J connectivity index is 1.96. The van der Waals surface area contributed by atoms with Gasteiger partial charge in [0.05, 0.1) is 16.1 Å². The van der Waals surface area contributed by atoms with E-state index in [1.807, 2.05) is 13.0 Å². The number of hydrogen-bond acceptors (Lipinski definition) is 4. The quantitative estimate of drug-likeness (QED) is 0.694. The Morgan fingerprint density at radius 1 is 1.44 bits per heavy atom. The van der Waals surface area contributed by atoms with Crippen molar-refractivity contribution in [1.29, 1.82) is 0 Å². The van der Waals surface area contributed by atoms with E-state index in [1.165, 1.54) is 17.5 Å². The number of aryl methyl sites for hydroxylation is 1. The molecule has 2 rings (SSSR count). The van der Waals surface area contributed by atoms with Gasteiger partial charge in [-0.15, -0.1) is 11.3 Å². The average molecular weight is 280 g/mol. The average Bonchev–Trinajstić information content (AvgIpc) is 2.76. The third-order valence-corrected chi connectivity index (χ3v) is 3.29. The summed E-state index contributed by atoms with van der Waals surface area (Å²) in [6.07, 6.45) is 3.07. The highest BCUT2D eigenvalue weighted by molar-refractivity contribution is 7.17. The summed E-state index contributed by atoms with van der Waals surface area (Å²) < 4.78 is 0.686. The molecule has 2 aromatic heterocycles. The van der Waals surface area contributed by atoms with Crippen LogP contribution in [0.15, 0.2) is 35.6 Å². The van der Waals surface area contributed by atoms with Gasteiger partial charge in [0.2, 0.25) is 0 Å². The number of aromatic nitrogens is 1. The molecule has 0 unspecified atom stereocenters. The van der Waals surface area contributed by atoms with Crippen molar-refractivity contribution in [1.82, 2.24) is 10.4 Å². The molecule has 92 valence electrons. The molecule has 18 heavy (non-hydrogen) atoms. The van der Waals surface area contributed by atoms with Crippen molar-refractivity contribution in [3.63, 3.8) is 0 Å². The van der Waals surface area contributed by atoms with E-state index in [-0.39, 0.29) is 5.91 Å². The molecule has 2 aromatic rings. The first-order valence-electron chi connectivity index (χ1n) is 5.16. The Bertz CT molecular complexity index is 577. The molecule has 1 amide bonds. The van der Waals surface area contributed by atoms with E-state index in [9.17, 15) is 4.79 Å². The molecule has 0 saturated heterocycles. The second-order valence-corrected chi connectivity index (χ2v) is 5.28. The normalized spacial score (nSPS) is 10.8. The van der Waals surface area contributed by atoms with Crippen LogP contribution in [0, 0.1) is 6.92 Å². The van der Waals surface area contributed by atoms with E-state index in [1.54, 1.807) is 24.4 Å². The minimum Gasteiger partial charge on any atom is -0.267 e. The molecule has 0 aliphatic heterocycles. The Hall–Kier alpha value is -1.72. The second kappa shape index (κ2) is 5.75. The highest BCUT2D eigenvalue weighted by atomic mass is 35.5. The summed E-state index contributed by atoms with van der Waals surface area (Å²) >= 11 is 7.16. The molecule has 2 heterocycles. The van der Waals surface area contributed by atoms with Crippen LogP contribution in [0.1, 0.15) is 20.9 Å². The summed E-state index contributed by atoms with van der Waals surface area (Å²) in [6.45, 7) is 1.86. The van der Waals surface area contributed by atoms with Gasteiger partial charge >= 0.3 is 0 Å². The minimum absolute atomic E-state index is 0.290. The van der Waals surface area contributed by atoms with Crippen molar-refractivity contribution in [3.8, 4) is 0 Å². The van der Waals surface area contributed by atoms with Crippen LogP contribution >= 0.6 is 22.9 Å². The van der Waals surface area contributed by atoms with Gasteiger partial charge in [-0.3, -0.25) is 9.78 Å². The van der Waals surface area contributed by atoms with E-state index in [0.29, 0.717) is 9.90 Å². The molecule has 4 nitrogen and oxygen atoms in total. The number of hydrogen-bond donors (Lipinski definition) is 1. The Morgan fingerprint density at radius 2 is 2.28 bits per heavy atom. The van der Waals surface area contributed by atoms with Crippen molar-refractivity contribution in [2.45, 2.75) is 6.92 Å². The Kier molecular flexibility index (Phi) is 4.07. The van der Waals surface area contributed by atoms with Gasteiger partial charge in [0.25, 0.3) is 5.91 Å². The number of hydrazone groups is 1. The summed E-state index contributed by atoms with van der Waals surface area (Å²) in [5.74, 6) is -0.290. The lowest BCUT2D eigenvalue weighted by Crippen LogP contribution is -2.17. The zero-order chi connectivity index (χ0) is 13.0. The van der Waals surface area contributed by atoms with Crippen LogP contribution in [-0.2, 0) is 0 Å². The number of nitrogens with zero attached hydrogens (tertiary/aromatic N) is 2. The van der Waals surface area contributed by atoms with Gasteiger partial charge < -0.3 is 0 Å². The van der Waals surface area contributed by atoms with Crippen LogP contribution < -0.4 is 5.43 Å². The fourth-order valence-corrected chi connectivity index (χ4v) is 2.15. The van der Waals surface area contributed by atoms with Gasteiger partial charge in [0.1, 0.15) is 0 Å². The highest BCUT2D eigenvalue weighted by Crippen LogP contribution is 2.19. The molecule has 0 aliphatic rings. The number of thiophene rings is 1. The summed E-state index contributed by atoms with van der Waals surface area (Å²) in [4.78, 5) is 16.6. The molecule has 0 radical (unpaired) electrons. The predicted octanol–water partition coefficient (Wildman–Crippen LogP) is 2.87. The molecule has 6 heteroatoms. The smallest absolute Gasteiger partial charge is 0.267 e. The monoisotopic (exact) mass is 279 g/mol. The molecule has 0 aromatic carbocycles. The lowest BCUT2D eigenvalue weighted by atomic mass is 10.2. The van der Waals surface area contributed by atoms with Crippen LogP contribution in [-0.4, -0.2) is 17.1 Å². The van der Waals surface area contributed by atoms with Gasteiger partial charge in [0.15, 0.2) is 0 Å². The van der Waals surface area contributed by atoms with Crippen molar-refractivity contribution in [2.24, 2.45) is 5.10 Å². The van der Waals surface area contributed by atoms with Crippen molar-refractivity contribution >= 4 is 35.1 Å². The van der Waals surface area contributed by atoms with Gasteiger partial charge in [-0.25, -0.2) is 5.43 Å². The number of carbonyl (C=O) groups excluding carboxylic acids is 1. The summed E-state index contributed by atoms with van der Waals surface area (Å²) in [7, 11) is 0. The lowest BCUT2D eigenvalue weighted by molar-refractivity contribution is 0.0955. The third kappa shape index (κ3) is 3.38. The first-order chi connectivity index (χ1) is 8.65. The molecule has 0 bridgehead atoms. The maximum Gasteiger partial charge on any atom is 0.272 e. The second-order valence-electron chi connectivity index (χ2n) is 3.53. The highest BCUT2D eigenvalue weighted by Gasteiger charge is 2.03. The van der Waals surface area contributed by atoms with Gasteiger partial charge in [-0.1, -0.05) is 11.6 Å². The van der Waals surface area contributed by atoms with E-state index in [0.717, 1.165) is 10.6 Å². The number of rotatable bonds is 3. The fourth-order valence-electron chi connectivity index (χ4n) is 1.22. The van der Waals surface area contributed by atoms with Gasteiger partial charge in [-0.05, 0) is 31.2 Å². The minimum atomic E-state index is -0.290. The molecule has 0 fully saturated rings. The third-order valence-electron chi connectivity index (χ3n) is 2.13. The molecule has 1 N–H and O–H groups in total. The number of halogens is 1. The fraction of sp³-hybridized carbons (Fsp3) is 0.0833. The van der Waals surface area contributed by atoms with E-state index in [4.69, 9.17) is 11.6 Å². The van der Waals surface area contributed by atoms with Crippen molar-refractivity contribution in [2.75, 3.05) is 0 Å². The first-order valence-corrected chi connectivity index (χ1v) is 6.36. The largest absolute Gasteiger partial charge is 0.272 e. The Morgan fingerprint density at radius 3 is 2.89 bits per heavy atom. The lowest BCUT2D eigenvalue weighted by Gasteiger charge is -1.98. The Labute approximate surface area is 113 Å². The van der Waals surface area contributed by atoms with E-state index >= 15 is 0 Å². The summed E-state index contributed by atoms with van der Waals surface area (Å²) in [5, 5.41) is 3.85. The number of nitrogens with one attached hydrogen (secondary N) is 1. The molecule has 0 saturated carbocycles.